The quantitative estimate of drug-likeness (QED) is 0.393. The Morgan fingerprint density at radius 2 is 1.88 bits per heavy atom. The summed E-state index contributed by atoms with van der Waals surface area (Å²) >= 11 is 6.71. The molecule has 0 fully saturated rings. The van der Waals surface area contributed by atoms with Gasteiger partial charge in [0, 0.05) is 21.9 Å². The first kappa shape index (κ1) is 17.9. The topological polar surface area (TPSA) is 34.9 Å². The number of hydrogen-bond donors (Lipinski definition) is 0. The molecule has 0 unspecified atom stereocenters. The Bertz CT molecular complexity index is 987. The summed E-state index contributed by atoms with van der Waals surface area (Å²) in [6, 6.07) is 18.2. The van der Waals surface area contributed by atoms with Crippen molar-refractivity contribution in [2.75, 3.05) is 5.75 Å². The summed E-state index contributed by atoms with van der Waals surface area (Å²) in [6.45, 7) is 2.15. The highest BCUT2D eigenvalue weighted by molar-refractivity contribution is 9.10. The second-order valence-corrected chi connectivity index (χ2v) is 9.39. The van der Waals surface area contributed by atoms with Gasteiger partial charge in [0.05, 0.1) is 16.3 Å². The molecule has 1 atom stereocenters. The van der Waals surface area contributed by atoms with Gasteiger partial charge in [0.1, 0.15) is 0 Å². The zero-order chi connectivity index (χ0) is 18.1. The third-order valence-corrected chi connectivity index (χ3v) is 7.05. The fraction of sp³-hybridized carbons (Fsp3) is 0.200. The summed E-state index contributed by atoms with van der Waals surface area (Å²) < 4.78 is 2.75. The van der Waals surface area contributed by atoms with Crippen molar-refractivity contribution in [1.82, 2.24) is 9.55 Å². The SMILES string of the molecule is C[C@H](Sc1nc2c(c(=O)n1-c1ccc(Br)cc1)SCC2)c1ccccc1. The van der Waals surface area contributed by atoms with Gasteiger partial charge in [-0.25, -0.2) is 4.98 Å². The van der Waals surface area contributed by atoms with E-state index in [0.717, 1.165) is 38.1 Å². The van der Waals surface area contributed by atoms with Crippen LogP contribution in [0.3, 0.4) is 0 Å². The van der Waals surface area contributed by atoms with Crippen LogP contribution in [0.25, 0.3) is 5.69 Å². The second-order valence-electron chi connectivity index (χ2n) is 6.06. The lowest BCUT2D eigenvalue weighted by molar-refractivity contribution is 0.737. The van der Waals surface area contributed by atoms with E-state index in [-0.39, 0.29) is 10.8 Å². The first-order valence-electron chi connectivity index (χ1n) is 8.40. The van der Waals surface area contributed by atoms with E-state index in [9.17, 15) is 4.79 Å². The largest absolute Gasteiger partial charge is 0.272 e. The normalized spacial score (nSPS) is 14.2. The van der Waals surface area contributed by atoms with Crippen LogP contribution in [-0.4, -0.2) is 15.3 Å². The highest BCUT2D eigenvalue weighted by atomic mass is 79.9. The van der Waals surface area contributed by atoms with Gasteiger partial charge in [-0.05, 0) is 36.8 Å². The van der Waals surface area contributed by atoms with Crippen LogP contribution in [-0.2, 0) is 6.42 Å². The zero-order valence-corrected chi connectivity index (χ0v) is 17.4. The molecule has 0 amide bonds. The Balaban J connectivity index is 1.81. The number of rotatable bonds is 4. The summed E-state index contributed by atoms with van der Waals surface area (Å²) in [5, 5.41) is 0.965. The molecule has 1 aromatic heterocycles. The minimum absolute atomic E-state index is 0.0441. The molecule has 0 saturated heterocycles. The first-order valence-corrected chi connectivity index (χ1v) is 11.1. The van der Waals surface area contributed by atoms with Crippen molar-refractivity contribution < 1.29 is 0 Å². The number of thioether (sulfide) groups is 2. The number of nitrogens with zero attached hydrogens (tertiary/aromatic N) is 2. The van der Waals surface area contributed by atoms with Crippen molar-refractivity contribution in [3.63, 3.8) is 0 Å². The van der Waals surface area contributed by atoms with Gasteiger partial charge in [0.25, 0.3) is 5.56 Å². The molecule has 26 heavy (non-hydrogen) atoms. The third-order valence-electron chi connectivity index (χ3n) is 4.30. The van der Waals surface area contributed by atoms with Gasteiger partial charge >= 0.3 is 0 Å². The van der Waals surface area contributed by atoms with Gasteiger partial charge in [-0.3, -0.25) is 9.36 Å². The summed E-state index contributed by atoms with van der Waals surface area (Å²) in [6.07, 6.45) is 0.865. The Morgan fingerprint density at radius 3 is 2.62 bits per heavy atom. The van der Waals surface area contributed by atoms with E-state index in [0.29, 0.717) is 0 Å². The van der Waals surface area contributed by atoms with E-state index >= 15 is 0 Å². The summed E-state index contributed by atoms with van der Waals surface area (Å²) in [4.78, 5) is 18.8. The molecule has 4 rings (SSSR count). The van der Waals surface area contributed by atoms with Gasteiger partial charge in [0.2, 0.25) is 0 Å². The van der Waals surface area contributed by atoms with Crippen LogP contribution in [0.15, 0.2) is 73.9 Å². The Kier molecular flexibility index (Phi) is 5.25. The van der Waals surface area contributed by atoms with Gasteiger partial charge in [0.15, 0.2) is 5.16 Å². The Morgan fingerprint density at radius 1 is 1.15 bits per heavy atom. The molecule has 6 heteroatoms. The maximum absolute atomic E-state index is 13.2. The maximum atomic E-state index is 13.2. The molecule has 2 heterocycles. The predicted molar refractivity (Wildman–Crippen MR) is 113 cm³/mol. The summed E-state index contributed by atoms with van der Waals surface area (Å²) in [7, 11) is 0. The first-order chi connectivity index (χ1) is 12.6. The van der Waals surface area contributed by atoms with Crippen LogP contribution in [0.5, 0.6) is 0 Å². The van der Waals surface area contributed by atoms with Crippen LogP contribution >= 0.6 is 39.5 Å². The van der Waals surface area contributed by atoms with Gasteiger partial charge in [-0.1, -0.05) is 58.0 Å². The van der Waals surface area contributed by atoms with Crippen molar-refractivity contribution >= 4 is 39.5 Å². The Labute approximate surface area is 169 Å². The molecule has 2 aromatic carbocycles. The zero-order valence-electron chi connectivity index (χ0n) is 14.2. The molecular weight excluding hydrogens is 428 g/mol. The van der Waals surface area contributed by atoms with Crippen LogP contribution in [0.4, 0.5) is 0 Å². The molecule has 3 aromatic rings. The maximum Gasteiger partial charge on any atom is 0.272 e. The molecule has 0 N–H and O–H groups in total. The second kappa shape index (κ2) is 7.62. The third kappa shape index (κ3) is 3.50. The molecule has 1 aliphatic rings. The smallest absolute Gasteiger partial charge is 0.268 e. The molecule has 1 aliphatic heterocycles. The average Bonchev–Trinajstić information content (AvgIpc) is 3.13. The van der Waals surface area contributed by atoms with Crippen LogP contribution in [0.2, 0.25) is 0 Å². The van der Waals surface area contributed by atoms with Crippen molar-refractivity contribution in [1.29, 1.82) is 0 Å². The number of aryl methyl sites for hydroxylation is 1. The number of benzene rings is 2. The minimum Gasteiger partial charge on any atom is -0.268 e. The van der Waals surface area contributed by atoms with Crippen molar-refractivity contribution in [2.45, 2.75) is 28.6 Å². The van der Waals surface area contributed by atoms with E-state index < -0.39 is 0 Å². The highest BCUT2D eigenvalue weighted by Crippen LogP contribution is 2.36. The van der Waals surface area contributed by atoms with Gasteiger partial charge < -0.3 is 0 Å². The minimum atomic E-state index is 0.0441. The van der Waals surface area contributed by atoms with Gasteiger partial charge in [-0.2, -0.15) is 0 Å². The van der Waals surface area contributed by atoms with Crippen molar-refractivity contribution in [3.05, 3.63) is 80.7 Å². The lowest BCUT2D eigenvalue weighted by Gasteiger charge is -2.17. The number of fused-ring (bicyclic) bond motifs is 1. The van der Waals surface area contributed by atoms with Crippen molar-refractivity contribution in [3.8, 4) is 5.69 Å². The van der Waals surface area contributed by atoms with E-state index in [1.54, 1.807) is 28.1 Å². The number of halogens is 1. The number of hydrogen-bond acceptors (Lipinski definition) is 4. The fourth-order valence-corrected chi connectivity index (χ4v) is 5.30. The molecule has 3 nitrogen and oxygen atoms in total. The standard InChI is InChI=1S/C20H17BrN2OS2/c1-13(14-5-3-2-4-6-14)26-20-22-17-11-12-25-18(17)19(24)23(20)16-9-7-15(21)8-10-16/h2-10,13H,11-12H2,1H3/t13-/m0/s1. The molecule has 0 radical (unpaired) electrons. The Hall–Kier alpha value is -1.50. The van der Waals surface area contributed by atoms with Crippen LogP contribution < -0.4 is 5.56 Å². The molecular formula is C20H17BrN2OS2. The molecule has 0 saturated carbocycles. The summed E-state index contributed by atoms with van der Waals surface area (Å²) in [5.41, 5.74) is 3.06. The lowest BCUT2D eigenvalue weighted by Crippen LogP contribution is -2.24. The fourth-order valence-electron chi connectivity index (χ4n) is 2.94. The lowest BCUT2D eigenvalue weighted by atomic mass is 10.2. The highest BCUT2D eigenvalue weighted by Gasteiger charge is 2.23. The average molecular weight is 445 g/mol. The van der Waals surface area contributed by atoms with E-state index in [1.807, 2.05) is 42.5 Å². The predicted octanol–water partition coefficient (Wildman–Crippen LogP) is 5.50. The summed E-state index contributed by atoms with van der Waals surface area (Å²) in [5.74, 6) is 0.931. The van der Waals surface area contributed by atoms with E-state index in [1.165, 1.54) is 5.56 Å². The van der Waals surface area contributed by atoms with E-state index in [4.69, 9.17) is 4.98 Å². The molecule has 132 valence electrons. The van der Waals surface area contributed by atoms with Crippen LogP contribution in [0.1, 0.15) is 23.4 Å². The van der Waals surface area contributed by atoms with Gasteiger partial charge in [-0.15, -0.1) is 11.8 Å². The molecule has 0 aliphatic carbocycles. The van der Waals surface area contributed by atoms with Crippen LogP contribution in [0, 0.1) is 0 Å². The van der Waals surface area contributed by atoms with Crippen molar-refractivity contribution in [2.24, 2.45) is 0 Å². The molecule has 0 bridgehead atoms. The number of aromatic nitrogens is 2. The van der Waals surface area contributed by atoms with E-state index in [2.05, 4.69) is 35.0 Å². The monoisotopic (exact) mass is 444 g/mol. The molecule has 0 spiro atoms.